The molecule has 2 aromatic carbocycles. The first-order valence-corrected chi connectivity index (χ1v) is 7.65. The van der Waals surface area contributed by atoms with Crippen molar-refractivity contribution in [3.05, 3.63) is 65.2 Å². The molecule has 0 aromatic heterocycles. The van der Waals surface area contributed by atoms with Gasteiger partial charge >= 0.3 is 0 Å². The Bertz CT molecular complexity index is 545. The zero-order valence-corrected chi connectivity index (χ0v) is 13.4. The van der Waals surface area contributed by atoms with Crippen molar-refractivity contribution in [2.45, 2.75) is 39.8 Å². The topological polar surface area (TPSA) is 21.3 Å². The molecule has 0 aliphatic carbocycles. The number of aryl methyl sites for hydroxylation is 1. The fourth-order valence-electron chi connectivity index (χ4n) is 2.44. The molecule has 2 aromatic rings. The van der Waals surface area contributed by atoms with Crippen molar-refractivity contribution in [1.29, 1.82) is 0 Å². The maximum atomic E-state index is 5.48. The van der Waals surface area contributed by atoms with Crippen LogP contribution in [0.25, 0.3) is 0 Å². The second-order valence-electron chi connectivity index (χ2n) is 5.52. The summed E-state index contributed by atoms with van der Waals surface area (Å²) in [7, 11) is 0. The van der Waals surface area contributed by atoms with Crippen LogP contribution in [-0.4, -0.2) is 6.61 Å². The second-order valence-corrected chi connectivity index (χ2v) is 5.52. The van der Waals surface area contributed by atoms with E-state index in [-0.39, 0.29) is 0 Å². The Morgan fingerprint density at radius 1 is 0.857 bits per heavy atom. The van der Waals surface area contributed by atoms with E-state index in [0.29, 0.717) is 18.7 Å². The van der Waals surface area contributed by atoms with Crippen molar-refractivity contribution in [2.24, 2.45) is 0 Å². The summed E-state index contributed by atoms with van der Waals surface area (Å²) in [6, 6.07) is 17.7. The van der Waals surface area contributed by atoms with Crippen LogP contribution >= 0.6 is 0 Å². The summed E-state index contributed by atoms with van der Waals surface area (Å²) in [6.07, 6.45) is 0. The van der Waals surface area contributed by atoms with Gasteiger partial charge in [-0.3, -0.25) is 0 Å². The van der Waals surface area contributed by atoms with Gasteiger partial charge in [0.15, 0.2) is 0 Å². The van der Waals surface area contributed by atoms with Gasteiger partial charge in [-0.25, -0.2) is 0 Å². The Hall–Kier alpha value is -1.80. The summed E-state index contributed by atoms with van der Waals surface area (Å²) in [6.45, 7) is 9.22. The number of ether oxygens (including phenoxy) is 1. The lowest BCUT2D eigenvalue weighted by Gasteiger charge is -2.21. The normalized spacial score (nSPS) is 13.7. The van der Waals surface area contributed by atoms with Crippen molar-refractivity contribution in [2.75, 3.05) is 6.61 Å². The third-order valence-corrected chi connectivity index (χ3v) is 3.77. The molecule has 0 fully saturated rings. The second kappa shape index (κ2) is 7.28. The molecule has 0 bridgehead atoms. The van der Waals surface area contributed by atoms with Crippen molar-refractivity contribution < 1.29 is 4.74 Å². The number of benzene rings is 2. The molecule has 2 rings (SSSR count). The lowest BCUT2D eigenvalue weighted by molar-refractivity contribution is 0.340. The summed E-state index contributed by atoms with van der Waals surface area (Å²) in [5.41, 5.74) is 3.89. The zero-order chi connectivity index (χ0) is 15.2. The van der Waals surface area contributed by atoms with Crippen LogP contribution in [0.5, 0.6) is 5.75 Å². The van der Waals surface area contributed by atoms with E-state index >= 15 is 0 Å². The third kappa shape index (κ3) is 4.33. The standard InChI is InChI=1S/C19H25NO/c1-5-21-19-12-10-18(11-13-19)16(4)20-15(3)17-8-6-14(2)7-9-17/h6-13,15-16,20H,5H2,1-4H3/t15-,16?/m1/s1. The highest BCUT2D eigenvalue weighted by molar-refractivity contribution is 5.29. The molecule has 0 aliphatic rings. The van der Waals surface area contributed by atoms with Crippen LogP contribution in [0, 0.1) is 6.92 Å². The SMILES string of the molecule is CCOc1ccc(C(C)N[C@H](C)c2ccc(C)cc2)cc1. The fraction of sp³-hybridized carbons (Fsp3) is 0.368. The van der Waals surface area contributed by atoms with E-state index in [1.807, 2.05) is 19.1 Å². The van der Waals surface area contributed by atoms with Gasteiger partial charge in [-0.2, -0.15) is 0 Å². The van der Waals surface area contributed by atoms with E-state index < -0.39 is 0 Å². The highest BCUT2D eigenvalue weighted by Crippen LogP contribution is 2.21. The highest BCUT2D eigenvalue weighted by atomic mass is 16.5. The van der Waals surface area contributed by atoms with E-state index in [1.165, 1.54) is 16.7 Å². The summed E-state index contributed by atoms with van der Waals surface area (Å²) < 4.78 is 5.48. The molecule has 0 saturated heterocycles. The first-order chi connectivity index (χ1) is 10.1. The minimum atomic E-state index is 0.303. The number of nitrogens with one attached hydrogen (secondary N) is 1. The van der Waals surface area contributed by atoms with Gasteiger partial charge < -0.3 is 10.1 Å². The quantitative estimate of drug-likeness (QED) is 0.821. The molecule has 1 unspecified atom stereocenters. The Morgan fingerprint density at radius 2 is 1.33 bits per heavy atom. The molecule has 112 valence electrons. The van der Waals surface area contributed by atoms with E-state index in [1.54, 1.807) is 0 Å². The molecule has 0 spiro atoms. The Labute approximate surface area is 128 Å². The molecular weight excluding hydrogens is 258 g/mol. The lowest BCUT2D eigenvalue weighted by atomic mass is 10.0. The van der Waals surface area contributed by atoms with Crippen LogP contribution in [0.1, 0.15) is 49.5 Å². The average molecular weight is 283 g/mol. The van der Waals surface area contributed by atoms with Crippen LogP contribution in [-0.2, 0) is 0 Å². The first-order valence-electron chi connectivity index (χ1n) is 7.65. The van der Waals surface area contributed by atoms with Gasteiger partial charge in [0, 0.05) is 12.1 Å². The first kappa shape index (κ1) is 15.6. The van der Waals surface area contributed by atoms with Crippen molar-refractivity contribution in [1.82, 2.24) is 5.32 Å². The summed E-state index contributed by atoms with van der Waals surface area (Å²) in [5.74, 6) is 0.931. The minimum Gasteiger partial charge on any atom is -0.494 e. The predicted octanol–water partition coefficient (Wildman–Crippen LogP) is 4.81. The van der Waals surface area contributed by atoms with Gasteiger partial charge in [-0.1, -0.05) is 42.0 Å². The van der Waals surface area contributed by atoms with Gasteiger partial charge in [0.1, 0.15) is 5.75 Å². The van der Waals surface area contributed by atoms with Crippen LogP contribution in [0.2, 0.25) is 0 Å². The van der Waals surface area contributed by atoms with Gasteiger partial charge in [-0.15, -0.1) is 0 Å². The molecular formula is C19H25NO. The fourth-order valence-corrected chi connectivity index (χ4v) is 2.44. The molecule has 2 nitrogen and oxygen atoms in total. The largest absolute Gasteiger partial charge is 0.494 e. The molecule has 0 saturated carbocycles. The smallest absolute Gasteiger partial charge is 0.119 e. The van der Waals surface area contributed by atoms with Crippen LogP contribution in [0.3, 0.4) is 0 Å². The van der Waals surface area contributed by atoms with E-state index in [0.717, 1.165) is 5.75 Å². The molecule has 0 aliphatic heterocycles. The maximum Gasteiger partial charge on any atom is 0.119 e. The van der Waals surface area contributed by atoms with Gasteiger partial charge in [0.05, 0.1) is 6.61 Å². The number of hydrogen-bond acceptors (Lipinski definition) is 2. The molecule has 0 amide bonds. The summed E-state index contributed by atoms with van der Waals surface area (Å²) >= 11 is 0. The minimum absolute atomic E-state index is 0.303. The van der Waals surface area contributed by atoms with Crippen LogP contribution < -0.4 is 10.1 Å². The monoisotopic (exact) mass is 283 g/mol. The van der Waals surface area contributed by atoms with Gasteiger partial charge in [0.2, 0.25) is 0 Å². The van der Waals surface area contributed by atoms with E-state index in [2.05, 4.69) is 62.5 Å². The molecule has 1 N–H and O–H groups in total. The molecule has 2 heteroatoms. The molecule has 21 heavy (non-hydrogen) atoms. The van der Waals surface area contributed by atoms with Gasteiger partial charge in [0.25, 0.3) is 0 Å². The highest BCUT2D eigenvalue weighted by Gasteiger charge is 2.11. The predicted molar refractivity (Wildman–Crippen MR) is 88.8 cm³/mol. The number of hydrogen-bond donors (Lipinski definition) is 1. The molecule has 0 radical (unpaired) electrons. The van der Waals surface area contributed by atoms with Crippen LogP contribution in [0.4, 0.5) is 0 Å². The number of rotatable bonds is 6. The van der Waals surface area contributed by atoms with Crippen LogP contribution in [0.15, 0.2) is 48.5 Å². The van der Waals surface area contributed by atoms with Crippen molar-refractivity contribution >= 4 is 0 Å². The molecule has 0 heterocycles. The van der Waals surface area contributed by atoms with E-state index in [4.69, 9.17) is 4.74 Å². The lowest BCUT2D eigenvalue weighted by Crippen LogP contribution is -2.22. The summed E-state index contributed by atoms with van der Waals surface area (Å²) in [5, 5.41) is 3.64. The Kier molecular flexibility index (Phi) is 5.40. The van der Waals surface area contributed by atoms with Gasteiger partial charge in [-0.05, 0) is 51.0 Å². The maximum absolute atomic E-state index is 5.48. The Morgan fingerprint density at radius 3 is 1.81 bits per heavy atom. The summed E-state index contributed by atoms with van der Waals surface area (Å²) in [4.78, 5) is 0. The Balaban J connectivity index is 1.99. The third-order valence-electron chi connectivity index (χ3n) is 3.77. The van der Waals surface area contributed by atoms with Crippen molar-refractivity contribution in [3.63, 3.8) is 0 Å². The zero-order valence-electron chi connectivity index (χ0n) is 13.4. The average Bonchev–Trinajstić information content (AvgIpc) is 2.49. The molecule has 2 atom stereocenters. The van der Waals surface area contributed by atoms with E-state index in [9.17, 15) is 0 Å². The van der Waals surface area contributed by atoms with Crippen molar-refractivity contribution in [3.8, 4) is 5.75 Å².